The van der Waals surface area contributed by atoms with Crippen molar-refractivity contribution in [1.82, 2.24) is 20.0 Å². The fourth-order valence-corrected chi connectivity index (χ4v) is 4.94. The fraction of sp³-hybridized carbons (Fsp3) is 0.269. The predicted octanol–water partition coefficient (Wildman–Crippen LogP) is 4.36. The van der Waals surface area contributed by atoms with Crippen molar-refractivity contribution in [3.8, 4) is 11.5 Å². The molecule has 1 atom stereocenters. The number of aromatic nitrogens is 3. The lowest BCUT2D eigenvalue weighted by atomic mass is 9.94. The number of pyridine rings is 1. The zero-order valence-corrected chi connectivity index (χ0v) is 18.0. The minimum absolute atomic E-state index is 0.0401. The van der Waals surface area contributed by atoms with Crippen LogP contribution in [0, 0.1) is 0 Å². The second kappa shape index (κ2) is 7.92. The van der Waals surface area contributed by atoms with Gasteiger partial charge < -0.3 is 9.42 Å². The lowest BCUT2D eigenvalue weighted by Crippen LogP contribution is -2.40. The first-order chi connectivity index (χ1) is 16.2. The van der Waals surface area contributed by atoms with E-state index >= 15 is 0 Å². The summed E-state index contributed by atoms with van der Waals surface area (Å²) >= 11 is 0. The number of piperidine rings is 1. The van der Waals surface area contributed by atoms with Gasteiger partial charge in [0.1, 0.15) is 5.69 Å². The molecule has 6 rings (SSSR count). The summed E-state index contributed by atoms with van der Waals surface area (Å²) in [6.07, 6.45) is 1.77. The summed E-state index contributed by atoms with van der Waals surface area (Å²) in [7, 11) is 0. The monoisotopic (exact) mass is 438 g/mol. The number of hydrogen-bond acceptors (Lipinski definition) is 6. The Balaban J connectivity index is 1.14. The van der Waals surface area contributed by atoms with E-state index in [1.807, 2.05) is 65.6 Å². The third-order valence-electron chi connectivity index (χ3n) is 6.75. The predicted molar refractivity (Wildman–Crippen MR) is 122 cm³/mol. The highest BCUT2D eigenvalue weighted by molar-refractivity contribution is 6.06. The number of para-hydroxylation sites is 1. The number of ketones is 1. The van der Waals surface area contributed by atoms with E-state index in [1.54, 1.807) is 0 Å². The van der Waals surface area contributed by atoms with Crippen LogP contribution in [0.1, 0.15) is 52.9 Å². The maximum atomic E-state index is 13.2. The first-order valence-corrected chi connectivity index (χ1v) is 11.3. The van der Waals surface area contributed by atoms with E-state index in [9.17, 15) is 9.59 Å². The van der Waals surface area contributed by atoms with Crippen LogP contribution in [0.4, 0.5) is 0 Å². The van der Waals surface area contributed by atoms with Crippen molar-refractivity contribution >= 4 is 22.6 Å². The van der Waals surface area contributed by atoms with E-state index < -0.39 is 0 Å². The average molecular weight is 438 g/mol. The van der Waals surface area contributed by atoms with E-state index in [4.69, 9.17) is 4.52 Å². The number of likely N-dealkylation sites (tertiary alicyclic amines) is 1. The van der Waals surface area contributed by atoms with Crippen molar-refractivity contribution in [1.29, 1.82) is 0 Å². The molecule has 1 aliphatic carbocycles. The molecule has 0 bridgehead atoms. The highest BCUT2D eigenvalue weighted by Gasteiger charge is 2.38. The van der Waals surface area contributed by atoms with Crippen LogP contribution >= 0.6 is 0 Å². The molecule has 2 aliphatic rings. The summed E-state index contributed by atoms with van der Waals surface area (Å²) in [5.74, 6) is 0.911. The van der Waals surface area contributed by atoms with Gasteiger partial charge >= 0.3 is 0 Å². The van der Waals surface area contributed by atoms with Crippen LogP contribution in [0.15, 0.2) is 65.2 Å². The van der Waals surface area contributed by atoms with E-state index in [0.29, 0.717) is 36.1 Å². The van der Waals surface area contributed by atoms with Crippen LogP contribution in [0.3, 0.4) is 0 Å². The molecule has 1 unspecified atom stereocenters. The molecular formula is C26H22N4O3. The van der Waals surface area contributed by atoms with Gasteiger partial charge in [-0.1, -0.05) is 53.7 Å². The molecule has 2 aromatic heterocycles. The Bertz CT molecular complexity index is 1370. The van der Waals surface area contributed by atoms with Crippen molar-refractivity contribution in [2.45, 2.75) is 31.1 Å². The topological polar surface area (TPSA) is 89.2 Å². The molecule has 1 saturated heterocycles. The SMILES string of the molecule is O=C1CC(C(=O)N2CCC(c3nc(-c4ccc5ccccc5n4)no3)CC2)c2ccccc21. The largest absolute Gasteiger partial charge is 0.342 e. The molecule has 3 heterocycles. The molecule has 4 aromatic rings. The summed E-state index contributed by atoms with van der Waals surface area (Å²) in [5.41, 5.74) is 3.12. The minimum atomic E-state index is -0.362. The van der Waals surface area contributed by atoms with Crippen molar-refractivity contribution in [3.63, 3.8) is 0 Å². The molecule has 0 N–H and O–H groups in total. The zero-order chi connectivity index (χ0) is 22.4. The highest BCUT2D eigenvalue weighted by atomic mass is 16.5. The molecule has 0 radical (unpaired) electrons. The Kier molecular flexibility index (Phi) is 4.75. The summed E-state index contributed by atoms with van der Waals surface area (Å²) in [6, 6.07) is 19.3. The van der Waals surface area contributed by atoms with E-state index in [2.05, 4.69) is 15.1 Å². The van der Waals surface area contributed by atoms with Gasteiger partial charge in [0.15, 0.2) is 5.78 Å². The van der Waals surface area contributed by atoms with E-state index in [0.717, 1.165) is 29.3 Å². The molecule has 1 aliphatic heterocycles. The summed E-state index contributed by atoms with van der Waals surface area (Å²) in [4.78, 5) is 36.6. The first kappa shape index (κ1) is 19.8. The average Bonchev–Trinajstić information content (AvgIpc) is 3.49. The molecular weight excluding hydrogens is 416 g/mol. The summed E-state index contributed by atoms with van der Waals surface area (Å²) < 4.78 is 5.58. The van der Waals surface area contributed by atoms with Gasteiger partial charge in [0.05, 0.1) is 11.4 Å². The van der Waals surface area contributed by atoms with Crippen molar-refractivity contribution in [2.24, 2.45) is 0 Å². The van der Waals surface area contributed by atoms with E-state index in [-0.39, 0.29) is 29.9 Å². The van der Waals surface area contributed by atoms with Crippen LogP contribution < -0.4 is 0 Å². The second-order valence-electron chi connectivity index (χ2n) is 8.71. The van der Waals surface area contributed by atoms with Gasteiger partial charge in [-0.3, -0.25) is 9.59 Å². The van der Waals surface area contributed by atoms with Gasteiger partial charge in [-0.05, 0) is 30.5 Å². The third kappa shape index (κ3) is 3.50. The van der Waals surface area contributed by atoms with Gasteiger partial charge in [-0.2, -0.15) is 4.98 Å². The van der Waals surface area contributed by atoms with Crippen LogP contribution in [0.2, 0.25) is 0 Å². The second-order valence-corrected chi connectivity index (χ2v) is 8.71. The Morgan fingerprint density at radius 1 is 0.939 bits per heavy atom. The van der Waals surface area contributed by atoms with E-state index in [1.165, 1.54) is 0 Å². The van der Waals surface area contributed by atoms with Gasteiger partial charge in [0.2, 0.25) is 17.6 Å². The summed E-state index contributed by atoms with van der Waals surface area (Å²) in [5, 5.41) is 5.22. The number of carbonyl (C=O) groups is 2. The molecule has 0 saturated carbocycles. The molecule has 1 amide bonds. The smallest absolute Gasteiger partial charge is 0.230 e. The first-order valence-electron chi connectivity index (χ1n) is 11.3. The number of rotatable bonds is 3. The standard InChI is InChI=1S/C26H22N4O3/c31-23-15-20(18-6-2-3-7-19(18)23)26(32)30-13-11-17(12-14-30)25-28-24(29-33-25)22-10-9-16-5-1-4-8-21(16)27-22/h1-10,17,20H,11-15H2. The van der Waals surface area contributed by atoms with Crippen LogP contribution in [0.5, 0.6) is 0 Å². The molecule has 33 heavy (non-hydrogen) atoms. The van der Waals surface area contributed by atoms with Gasteiger partial charge in [-0.25, -0.2) is 4.98 Å². The molecule has 0 spiro atoms. The van der Waals surface area contributed by atoms with Crippen molar-refractivity contribution in [2.75, 3.05) is 13.1 Å². The number of fused-ring (bicyclic) bond motifs is 2. The molecule has 7 heteroatoms. The Labute approximate surface area is 190 Å². The highest BCUT2D eigenvalue weighted by Crippen LogP contribution is 2.36. The van der Waals surface area contributed by atoms with Gasteiger partial charge in [0.25, 0.3) is 0 Å². The van der Waals surface area contributed by atoms with Gasteiger partial charge in [0, 0.05) is 36.4 Å². The van der Waals surface area contributed by atoms with Crippen LogP contribution in [-0.4, -0.2) is 44.8 Å². The molecule has 7 nitrogen and oxygen atoms in total. The zero-order valence-electron chi connectivity index (χ0n) is 18.0. The van der Waals surface area contributed by atoms with Gasteiger partial charge in [-0.15, -0.1) is 0 Å². The number of nitrogens with zero attached hydrogens (tertiary/aromatic N) is 4. The van der Waals surface area contributed by atoms with Crippen molar-refractivity contribution < 1.29 is 14.1 Å². The normalized spacial score (nSPS) is 18.6. The Hall–Kier alpha value is -3.87. The number of hydrogen-bond donors (Lipinski definition) is 0. The molecule has 164 valence electrons. The summed E-state index contributed by atoms with van der Waals surface area (Å²) in [6.45, 7) is 1.23. The maximum Gasteiger partial charge on any atom is 0.230 e. The Morgan fingerprint density at radius 2 is 1.73 bits per heavy atom. The van der Waals surface area contributed by atoms with Crippen LogP contribution in [-0.2, 0) is 4.79 Å². The number of amides is 1. The fourth-order valence-electron chi connectivity index (χ4n) is 4.94. The maximum absolute atomic E-state index is 13.2. The molecule has 2 aromatic carbocycles. The number of benzene rings is 2. The number of carbonyl (C=O) groups excluding carboxylic acids is 2. The Morgan fingerprint density at radius 3 is 2.61 bits per heavy atom. The minimum Gasteiger partial charge on any atom is -0.342 e. The lowest BCUT2D eigenvalue weighted by Gasteiger charge is -2.32. The quantitative estimate of drug-likeness (QED) is 0.472. The molecule has 1 fully saturated rings. The number of Topliss-reactive ketones (excluding diaryl/α,β-unsaturated/α-hetero) is 1. The van der Waals surface area contributed by atoms with Crippen molar-refractivity contribution in [3.05, 3.63) is 77.7 Å². The van der Waals surface area contributed by atoms with Crippen LogP contribution in [0.25, 0.3) is 22.4 Å². The lowest BCUT2D eigenvalue weighted by molar-refractivity contribution is -0.133. The third-order valence-corrected chi connectivity index (χ3v) is 6.75.